The first-order chi connectivity index (χ1) is 7.16. The molecule has 0 amide bonds. The van der Waals surface area contributed by atoms with Crippen molar-refractivity contribution in [1.82, 2.24) is 0 Å². The van der Waals surface area contributed by atoms with E-state index in [1.807, 2.05) is 0 Å². The molecule has 0 aliphatic rings. The minimum atomic E-state index is -2.18. The molecule has 0 aliphatic carbocycles. The molecule has 2 nitrogen and oxygen atoms in total. The summed E-state index contributed by atoms with van der Waals surface area (Å²) in [5, 5.41) is 0. The first-order valence-electron chi connectivity index (χ1n) is 5.18. The molecule has 0 aromatic heterocycles. The molecule has 0 heterocycles. The van der Waals surface area contributed by atoms with E-state index >= 15 is 0 Å². The van der Waals surface area contributed by atoms with Gasteiger partial charge in [-0.1, -0.05) is 6.42 Å². The van der Waals surface area contributed by atoms with Gasteiger partial charge in [-0.2, -0.15) is 11.8 Å². The number of hydrogen-bond donors (Lipinski definition) is 0. The second-order valence-electron chi connectivity index (χ2n) is 3.10. The Hall–Kier alpha value is -0.320. The van der Waals surface area contributed by atoms with Gasteiger partial charge in [0.2, 0.25) is 6.43 Å². The van der Waals surface area contributed by atoms with Crippen molar-refractivity contribution in [3.05, 3.63) is 0 Å². The SMILES string of the molecule is CCOC(=O)CSCCCCCC(F)F. The first-order valence-corrected chi connectivity index (χ1v) is 6.33. The van der Waals surface area contributed by atoms with Crippen LogP contribution in [0.25, 0.3) is 0 Å². The fourth-order valence-corrected chi connectivity index (χ4v) is 1.84. The molecule has 5 heteroatoms. The van der Waals surface area contributed by atoms with Crippen molar-refractivity contribution in [3.8, 4) is 0 Å². The summed E-state index contributed by atoms with van der Waals surface area (Å²) in [5.74, 6) is 1.00. The summed E-state index contributed by atoms with van der Waals surface area (Å²) in [5.41, 5.74) is 0. The number of alkyl halides is 2. The molecule has 0 unspecified atom stereocenters. The topological polar surface area (TPSA) is 26.3 Å². The smallest absolute Gasteiger partial charge is 0.315 e. The van der Waals surface area contributed by atoms with Gasteiger partial charge in [-0.05, 0) is 25.5 Å². The van der Waals surface area contributed by atoms with Gasteiger partial charge in [-0.15, -0.1) is 0 Å². The van der Waals surface area contributed by atoms with Gasteiger partial charge >= 0.3 is 5.97 Å². The molecule has 90 valence electrons. The molecule has 0 rings (SSSR count). The van der Waals surface area contributed by atoms with Crippen LogP contribution in [0.5, 0.6) is 0 Å². The highest BCUT2D eigenvalue weighted by molar-refractivity contribution is 7.99. The van der Waals surface area contributed by atoms with Gasteiger partial charge in [0.05, 0.1) is 12.4 Å². The van der Waals surface area contributed by atoms with E-state index in [0.717, 1.165) is 18.6 Å². The largest absolute Gasteiger partial charge is 0.465 e. The number of carbonyl (C=O) groups is 1. The van der Waals surface area contributed by atoms with E-state index in [0.29, 0.717) is 18.8 Å². The lowest BCUT2D eigenvalue weighted by atomic mass is 10.2. The summed E-state index contributed by atoms with van der Waals surface area (Å²) in [6.07, 6.45) is 0.0640. The molecule has 0 bridgehead atoms. The van der Waals surface area contributed by atoms with Crippen LogP contribution < -0.4 is 0 Å². The van der Waals surface area contributed by atoms with Crippen LogP contribution in [0, 0.1) is 0 Å². The van der Waals surface area contributed by atoms with Crippen LogP contribution >= 0.6 is 11.8 Å². The summed E-state index contributed by atoms with van der Waals surface area (Å²) in [4.78, 5) is 10.9. The maximum Gasteiger partial charge on any atom is 0.315 e. The molecule has 0 fully saturated rings. The van der Waals surface area contributed by atoms with E-state index < -0.39 is 6.43 Å². The van der Waals surface area contributed by atoms with Crippen LogP contribution in [-0.2, 0) is 9.53 Å². The van der Waals surface area contributed by atoms with Gasteiger partial charge < -0.3 is 4.74 Å². The maximum atomic E-state index is 11.7. The van der Waals surface area contributed by atoms with Crippen LogP contribution in [0.4, 0.5) is 8.78 Å². The minimum absolute atomic E-state index is 0.0114. The lowest BCUT2D eigenvalue weighted by Crippen LogP contribution is -2.06. The molecule has 0 N–H and O–H groups in total. The number of halogens is 2. The molecular weight excluding hydrogens is 222 g/mol. The van der Waals surface area contributed by atoms with Crippen molar-refractivity contribution in [3.63, 3.8) is 0 Å². The first kappa shape index (κ1) is 14.7. The molecule has 0 radical (unpaired) electrons. The fraction of sp³-hybridized carbons (Fsp3) is 0.900. The van der Waals surface area contributed by atoms with Gasteiger partial charge in [0.1, 0.15) is 0 Å². The van der Waals surface area contributed by atoms with Crippen LogP contribution in [0.3, 0.4) is 0 Å². The van der Waals surface area contributed by atoms with Crippen molar-refractivity contribution in [2.24, 2.45) is 0 Å². The average molecular weight is 240 g/mol. The zero-order valence-corrected chi connectivity index (χ0v) is 9.82. The summed E-state index contributed by atoms with van der Waals surface area (Å²) in [7, 11) is 0. The number of thioether (sulfide) groups is 1. The Balaban J connectivity index is 3.08. The Kier molecular flexibility index (Phi) is 9.99. The summed E-state index contributed by atoms with van der Waals surface area (Å²) in [6.45, 7) is 2.18. The molecular formula is C10H18F2O2S. The molecule has 0 saturated carbocycles. The highest BCUT2D eigenvalue weighted by atomic mass is 32.2. The van der Waals surface area contributed by atoms with Gasteiger partial charge in [0.15, 0.2) is 0 Å². The number of hydrogen-bond acceptors (Lipinski definition) is 3. The van der Waals surface area contributed by atoms with E-state index in [-0.39, 0.29) is 12.4 Å². The maximum absolute atomic E-state index is 11.7. The number of unbranched alkanes of at least 4 members (excludes halogenated alkanes) is 2. The lowest BCUT2D eigenvalue weighted by molar-refractivity contribution is -0.139. The van der Waals surface area contributed by atoms with Crippen molar-refractivity contribution in [1.29, 1.82) is 0 Å². The van der Waals surface area contributed by atoms with Crippen molar-refractivity contribution >= 4 is 17.7 Å². The molecule has 0 aromatic carbocycles. The quantitative estimate of drug-likeness (QED) is 0.457. The Bertz CT molecular complexity index is 166. The number of carbonyl (C=O) groups excluding carboxylic acids is 1. The lowest BCUT2D eigenvalue weighted by Gasteiger charge is -2.02. The third-order valence-corrected chi connectivity index (χ3v) is 2.75. The Morgan fingerprint density at radius 3 is 2.67 bits per heavy atom. The zero-order valence-electron chi connectivity index (χ0n) is 9.01. The van der Waals surface area contributed by atoms with Crippen LogP contribution in [0.2, 0.25) is 0 Å². The van der Waals surface area contributed by atoms with Gasteiger partial charge in [-0.25, -0.2) is 8.78 Å². The standard InChI is InChI=1S/C10H18F2O2S/c1-2-14-10(13)8-15-7-5-3-4-6-9(11)12/h9H,2-8H2,1H3. The van der Waals surface area contributed by atoms with E-state index in [2.05, 4.69) is 0 Å². The van der Waals surface area contributed by atoms with Crippen molar-refractivity contribution < 1.29 is 18.3 Å². The van der Waals surface area contributed by atoms with Crippen LogP contribution in [-0.4, -0.2) is 30.5 Å². The summed E-state index contributed by atoms with van der Waals surface area (Å²) < 4.78 is 28.2. The molecule has 0 aromatic rings. The molecule has 0 spiro atoms. The minimum Gasteiger partial charge on any atom is -0.465 e. The fourth-order valence-electron chi connectivity index (χ4n) is 1.04. The zero-order chi connectivity index (χ0) is 11.5. The predicted molar refractivity (Wildman–Crippen MR) is 58.4 cm³/mol. The highest BCUT2D eigenvalue weighted by Crippen LogP contribution is 2.10. The van der Waals surface area contributed by atoms with Gasteiger partial charge in [0.25, 0.3) is 0 Å². The number of ether oxygens (including phenoxy) is 1. The van der Waals surface area contributed by atoms with E-state index in [9.17, 15) is 13.6 Å². The third kappa shape index (κ3) is 11.6. The number of esters is 1. The Morgan fingerprint density at radius 1 is 1.33 bits per heavy atom. The average Bonchev–Trinajstić information content (AvgIpc) is 2.16. The Morgan fingerprint density at radius 2 is 2.07 bits per heavy atom. The molecule has 0 saturated heterocycles. The second kappa shape index (κ2) is 10.2. The Labute approximate surface area is 93.8 Å². The summed E-state index contributed by atoms with van der Waals surface area (Å²) in [6, 6.07) is 0. The molecule has 15 heavy (non-hydrogen) atoms. The van der Waals surface area contributed by atoms with Crippen LogP contribution in [0.15, 0.2) is 0 Å². The monoisotopic (exact) mass is 240 g/mol. The van der Waals surface area contributed by atoms with Crippen LogP contribution in [0.1, 0.15) is 32.6 Å². The molecule has 0 aliphatic heterocycles. The normalized spacial score (nSPS) is 10.7. The highest BCUT2D eigenvalue weighted by Gasteiger charge is 2.02. The third-order valence-electron chi connectivity index (χ3n) is 1.74. The van der Waals surface area contributed by atoms with Crippen molar-refractivity contribution in [2.75, 3.05) is 18.1 Å². The van der Waals surface area contributed by atoms with E-state index in [1.54, 1.807) is 6.92 Å². The molecule has 0 atom stereocenters. The second-order valence-corrected chi connectivity index (χ2v) is 4.20. The van der Waals surface area contributed by atoms with Gasteiger partial charge in [-0.3, -0.25) is 4.79 Å². The predicted octanol–water partition coefficient (Wildman–Crippen LogP) is 3.11. The number of rotatable bonds is 9. The van der Waals surface area contributed by atoms with E-state index in [4.69, 9.17) is 4.74 Å². The van der Waals surface area contributed by atoms with E-state index in [1.165, 1.54) is 11.8 Å². The van der Waals surface area contributed by atoms with Crippen molar-refractivity contribution in [2.45, 2.75) is 39.0 Å². The van der Waals surface area contributed by atoms with Gasteiger partial charge in [0, 0.05) is 6.42 Å². The summed E-state index contributed by atoms with van der Waals surface area (Å²) >= 11 is 1.50.